The van der Waals surface area contributed by atoms with E-state index in [2.05, 4.69) is 38.3 Å². The summed E-state index contributed by atoms with van der Waals surface area (Å²) < 4.78 is 0. The third-order valence-corrected chi connectivity index (χ3v) is 7.18. The predicted molar refractivity (Wildman–Crippen MR) is 133 cm³/mol. The Balaban J connectivity index is 1.28. The highest BCUT2D eigenvalue weighted by Gasteiger charge is 2.19. The molecule has 5 nitrogen and oxygen atoms in total. The Hall–Kier alpha value is -2.12. The number of rotatable bonds is 6. The van der Waals surface area contributed by atoms with E-state index in [0.29, 0.717) is 21.5 Å². The zero-order valence-electron chi connectivity index (χ0n) is 18.2. The summed E-state index contributed by atoms with van der Waals surface area (Å²) in [5.74, 6) is -0.0829. The van der Waals surface area contributed by atoms with Crippen molar-refractivity contribution in [1.82, 2.24) is 15.2 Å². The fraction of sp³-hybridized carbons (Fsp3) is 0.333. The molecule has 1 fully saturated rings. The van der Waals surface area contributed by atoms with Gasteiger partial charge in [-0.05, 0) is 55.8 Å². The second-order valence-corrected chi connectivity index (χ2v) is 10.1. The smallest absolute Gasteiger partial charge is 0.261 e. The van der Waals surface area contributed by atoms with Crippen molar-refractivity contribution in [2.45, 2.75) is 26.9 Å². The molecular formula is C24H26Cl2N4OS. The van der Waals surface area contributed by atoms with Crippen LogP contribution in [0.15, 0.2) is 42.5 Å². The molecular weight excluding hydrogens is 463 g/mol. The number of piperazine rings is 1. The molecule has 2 aromatic heterocycles. The third kappa shape index (κ3) is 5.81. The fourth-order valence-electron chi connectivity index (χ4n) is 3.89. The quantitative estimate of drug-likeness (QED) is 0.509. The van der Waals surface area contributed by atoms with Gasteiger partial charge in [0.15, 0.2) is 0 Å². The molecule has 1 N–H and O–H groups in total. The Morgan fingerprint density at radius 1 is 1.03 bits per heavy atom. The minimum atomic E-state index is -0.0829. The molecule has 0 bridgehead atoms. The number of aromatic nitrogens is 1. The van der Waals surface area contributed by atoms with Crippen LogP contribution in [0.3, 0.4) is 0 Å². The summed E-state index contributed by atoms with van der Waals surface area (Å²) >= 11 is 13.7. The Kier molecular flexibility index (Phi) is 7.36. The van der Waals surface area contributed by atoms with E-state index in [1.165, 1.54) is 10.6 Å². The summed E-state index contributed by atoms with van der Waals surface area (Å²) in [6.45, 7) is 9.29. The second kappa shape index (κ2) is 10.2. The minimum absolute atomic E-state index is 0.0829. The lowest BCUT2D eigenvalue weighted by molar-refractivity contribution is 0.0955. The SMILES string of the molecule is Cc1cc(N2CCN(Cc3ccc(C(=O)NCc4ccc(Cl)cc4Cl)s3)CC2)cc(C)n1. The predicted octanol–water partition coefficient (Wildman–Crippen LogP) is 5.32. The first-order valence-corrected chi connectivity index (χ1v) is 12.2. The number of nitrogens with one attached hydrogen (secondary N) is 1. The lowest BCUT2D eigenvalue weighted by Crippen LogP contribution is -2.45. The second-order valence-electron chi connectivity index (χ2n) is 8.06. The fourth-order valence-corrected chi connectivity index (χ4v) is 5.33. The number of benzene rings is 1. The molecule has 0 radical (unpaired) electrons. The summed E-state index contributed by atoms with van der Waals surface area (Å²) in [6.07, 6.45) is 0. The van der Waals surface area contributed by atoms with Crippen LogP contribution in [0, 0.1) is 13.8 Å². The van der Waals surface area contributed by atoms with Crippen molar-refractivity contribution in [3.63, 3.8) is 0 Å². The van der Waals surface area contributed by atoms with Gasteiger partial charge in [0.2, 0.25) is 0 Å². The maximum Gasteiger partial charge on any atom is 0.261 e. The molecule has 0 aliphatic carbocycles. The van der Waals surface area contributed by atoms with Gasteiger partial charge in [-0.2, -0.15) is 0 Å². The first kappa shape index (κ1) is 23.1. The molecule has 8 heteroatoms. The van der Waals surface area contributed by atoms with Crippen LogP contribution < -0.4 is 10.2 Å². The highest BCUT2D eigenvalue weighted by Crippen LogP contribution is 2.23. The van der Waals surface area contributed by atoms with E-state index >= 15 is 0 Å². The Morgan fingerprint density at radius 2 is 1.75 bits per heavy atom. The molecule has 1 amide bonds. The summed E-state index contributed by atoms with van der Waals surface area (Å²) in [5.41, 5.74) is 4.22. The minimum Gasteiger partial charge on any atom is -0.369 e. The molecule has 0 unspecified atom stereocenters. The molecule has 1 aromatic carbocycles. The Bertz CT molecular complexity index is 1090. The van der Waals surface area contributed by atoms with Crippen molar-refractivity contribution < 1.29 is 4.79 Å². The van der Waals surface area contributed by atoms with E-state index in [1.807, 2.05) is 26.0 Å². The molecule has 1 aliphatic heterocycles. The molecule has 0 atom stereocenters. The zero-order chi connectivity index (χ0) is 22.7. The molecule has 4 rings (SSSR count). The van der Waals surface area contributed by atoms with Crippen molar-refractivity contribution in [3.05, 3.63) is 79.2 Å². The number of amides is 1. The number of pyridine rings is 1. The average molecular weight is 489 g/mol. The van der Waals surface area contributed by atoms with Gasteiger partial charge >= 0.3 is 0 Å². The number of hydrogen-bond donors (Lipinski definition) is 1. The molecule has 3 heterocycles. The van der Waals surface area contributed by atoms with Crippen molar-refractivity contribution in [3.8, 4) is 0 Å². The number of nitrogens with zero attached hydrogens (tertiary/aromatic N) is 3. The number of carbonyl (C=O) groups excluding carboxylic acids is 1. The molecule has 1 saturated heterocycles. The van der Waals surface area contributed by atoms with E-state index in [4.69, 9.17) is 23.2 Å². The highest BCUT2D eigenvalue weighted by molar-refractivity contribution is 7.14. The van der Waals surface area contributed by atoms with Gasteiger partial charge in [0.25, 0.3) is 5.91 Å². The molecule has 0 saturated carbocycles. The normalized spacial score (nSPS) is 14.6. The van der Waals surface area contributed by atoms with E-state index in [9.17, 15) is 4.79 Å². The van der Waals surface area contributed by atoms with Gasteiger partial charge in [-0.3, -0.25) is 14.7 Å². The van der Waals surface area contributed by atoms with E-state index < -0.39 is 0 Å². The topological polar surface area (TPSA) is 48.5 Å². The monoisotopic (exact) mass is 488 g/mol. The van der Waals surface area contributed by atoms with Crippen LogP contribution in [-0.4, -0.2) is 42.0 Å². The molecule has 3 aromatic rings. The number of anilines is 1. The largest absolute Gasteiger partial charge is 0.369 e. The summed E-state index contributed by atoms with van der Waals surface area (Å²) in [6, 6.07) is 13.6. The number of aryl methyl sites for hydroxylation is 2. The first-order chi connectivity index (χ1) is 15.4. The van der Waals surface area contributed by atoms with Crippen molar-refractivity contribution in [2.24, 2.45) is 0 Å². The van der Waals surface area contributed by atoms with Gasteiger partial charge < -0.3 is 10.2 Å². The van der Waals surface area contributed by atoms with Crippen LogP contribution in [0.1, 0.15) is 31.5 Å². The Morgan fingerprint density at radius 3 is 2.44 bits per heavy atom. The van der Waals surface area contributed by atoms with Gasteiger partial charge in [-0.25, -0.2) is 0 Å². The van der Waals surface area contributed by atoms with Crippen LogP contribution >= 0.6 is 34.5 Å². The molecule has 32 heavy (non-hydrogen) atoms. The van der Waals surface area contributed by atoms with E-state index in [-0.39, 0.29) is 5.91 Å². The van der Waals surface area contributed by atoms with Gasteiger partial charge in [0, 0.05) is 71.3 Å². The van der Waals surface area contributed by atoms with Gasteiger partial charge in [-0.1, -0.05) is 29.3 Å². The van der Waals surface area contributed by atoms with Crippen LogP contribution in [0.5, 0.6) is 0 Å². The Labute approximate surface area is 203 Å². The number of thiophene rings is 1. The van der Waals surface area contributed by atoms with Crippen LogP contribution in [-0.2, 0) is 13.1 Å². The lowest BCUT2D eigenvalue weighted by atomic mass is 10.2. The standard InChI is InChI=1S/C24H26Cl2N4OS/c1-16-11-20(12-17(2)28-16)30-9-7-29(8-10-30)15-21-5-6-23(32-21)24(31)27-14-18-3-4-19(25)13-22(18)26/h3-6,11-13H,7-10,14-15H2,1-2H3,(H,27,31). The summed E-state index contributed by atoms with van der Waals surface area (Å²) in [7, 11) is 0. The average Bonchev–Trinajstić information content (AvgIpc) is 3.21. The van der Waals surface area contributed by atoms with Crippen LogP contribution in [0.2, 0.25) is 10.0 Å². The third-order valence-electron chi connectivity index (χ3n) is 5.52. The van der Waals surface area contributed by atoms with Crippen molar-refractivity contribution in [2.75, 3.05) is 31.1 Å². The maximum atomic E-state index is 12.6. The summed E-state index contributed by atoms with van der Waals surface area (Å²) in [4.78, 5) is 23.8. The molecule has 168 valence electrons. The van der Waals surface area contributed by atoms with E-state index in [0.717, 1.165) is 49.7 Å². The van der Waals surface area contributed by atoms with E-state index in [1.54, 1.807) is 23.5 Å². The number of carbonyl (C=O) groups is 1. The van der Waals surface area contributed by atoms with Gasteiger partial charge in [0.1, 0.15) is 0 Å². The van der Waals surface area contributed by atoms with Gasteiger partial charge in [0.05, 0.1) is 4.88 Å². The van der Waals surface area contributed by atoms with Crippen LogP contribution in [0.25, 0.3) is 0 Å². The maximum absolute atomic E-state index is 12.6. The lowest BCUT2D eigenvalue weighted by Gasteiger charge is -2.36. The molecule has 1 aliphatic rings. The first-order valence-electron chi connectivity index (χ1n) is 10.6. The van der Waals surface area contributed by atoms with Crippen molar-refractivity contribution in [1.29, 1.82) is 0 Å². The molecule has 0 spiro atoms. The number of hydrogen-bond acceptors (Lipinski definition) is 5. The van der Waals surface area contributed by atoms with Crippen molar-refractivity contribution >= 4 is 46.1 Å². The number of halogens is 2. The zero-order valence-corrected chi connectivity index (χ0v) is 20.5. The van der Waals surface area contributed by atoms with Gasteiger partial charge in [-0.15, -0.1) is 11.3 Å². The summed E-state index contributed by atoms with van der Waals surface area (Å²) in [5, 5.41) is 4.08. The highest BCUT2D eigenvalue weighted by atomic mass is 35.5. The van der Waals surface area contributed by atoms with Crippen LogP contribution in [0.4, 0.5) is 5.69 Å².